The average molecular weight is 460 g/mol. The first-order valence-electron chi connectivity index (χ1n) is 10.8. The molecule has 0 saturated carbocycles. The molecule has 0 unspecified atom stereocenters. The van der Waals surface area contributed by atoms with E-state index in [2.05, 4.69) is 5.10 Å². The molecule has 2 aromatic carbocycles. The van der Waals surface area contributed by atoms with Gasteiger partial charge in [-0.25, -0.2) is 4.79 Å². The van der Waals surface area contributed by atoms with E-state index < -0.39 is 11.6 Å². The van der Waals surface area contributed by atoms with Crippen LogP contribution in [0.3, 0.4) is 0 Å². The van der Waals surface area contributed by atoms with Crippen LogP contribution < -0.4 is 5.01 Å². The van der Waals surface area contributed by atoms with Gasteiger partial charge < -0.3 is 14.4 Å². The number of esters is 1. The Labute approximate surface area is 196 Å². The van der Waals surface area contributed by atoms with Gasteiger partial charge in [-0.1, -0.05) is 18.2 Å². The van der Waals surface area contributed by atoms with Gasteiger partial charge in [-0.05, 0) is 64.1 Å². The second-order valence-corrected chi connectivity index (χ2v) is 9.03. The minimum absolute atomic E-state index is 0.0457. The molecule has 0 fully saturated rings. The molecule has 0 spiro atoms. The van der Waals surface area contributed by atoms with Gasteiger partial charge in [0, 0.05) is 22.7 Å². The quantitative estimate of drug-likeness (QED) is 0.448. The first-order valence-corrected chi connectivity index (χ1v) is 10.8. The number of hydrogen-bond acceptors (Lipinski definition) is 5. The van der Waals surface area contributed by atoms with Crippen LogP contribution in [0.4, 0.5) is 5.69 Å². The van der Waals surface area contributed by atoms with Crippen LogP contribution in [0.2, 0.25) is 0 Å². The summed E-state index contributed by atoms with van der Waals surface area (Å²) in [5, 5.41) is 15.6. The molecule has 2 heterocycles. The SMILES string of the molecule is CC1=NN(c2ccc(C(=O)O)cc2)C(=O)/C1=C\c1cn(CC(=O)OC(C)(C)C)c2ccccc12. The van der Waals surface area contributed by atoms with Crippen LogP contribution in [0, 0.1) is 0 Å². The molecule has 174 valence electrons. The number of carbonyl (C=O) groups excluding carboxylic acids is 2. The van der Waals surface area contributed by atoms with Crippen molar-refractivity contribution in [3.63, 3.8) is 0 Å². The molecule has 0 saturated heterocycles. The van der Waals surface area contributed by atoms with Gasteiger partial charge in [-0.3, -0.25) is 9.59 Å². The summed E-state index contributed by atoms with van der Waals surface area (Å²) in [6.07, 6.45) is 3.59. The second-order valence-electron chi connectivity index (χ2n) is 9.03. The highest BCUT2D eigenvalue weighted by molar-refractivity contribution is 6.32. The molecule has 0 atom stereocenters. The van der Waals surface area contributed by atoms with Crippen LogP contribution in [0.15, 0.2) is 65.4 Å². The van der Waals surface area contributed by atoms with Crippen LogP contribution in [0.25, 0.3) is 17.0 Å². The maximum Gasteiger partial charge on any atom is 0.335 e. The number of hydrazone groups is 1. The number of carboxylic acid groups (broad SMARTS) is 1. The van der Waals surface area contributed by atoms with Crippen molar-refractivity contribution < 1.29 is 24.2 Å². The fourth-order valence-electron chi connectivity index (χ4n) is 3.79. The number of rotatable bonds is 5. The van der Waals surface area contributed by atoms with Gasteiger partial charge in [0.1, 0.15) is 12.1 Å². The molecule has 0 aliphatic carbocycles. The third-order valence-corrected chi connectivity index (χ3v) is 5.26. The summed E-state index contributed by atoms with van der Waals surface area (Å²) >= 11 is 0. The van der Waals surface area contributed by atoms with Gasteiger partial charge >= 0.3 is 11.9 Å². The highest BCUT2D eigenvalue weighted by atomic mass is 16.6. The maximum atomic E-state index is 13.2. The fourth-order valence-corrected chi connectivity index (χ4v) is 3.79. The summed E-state index contributed by atoms with van der Waals surface area (Å²) in [6.45, 7) is 7.26. The van der Waals surface area contributed by atoms with Gasteiger partial charge in [-0.15, -0.1) is 0 Å². The van der Waals surface area contributed by atoms with Gasteiger partial charge in [0.2, 0.25) is 0 Å². The second kappa shape index (κ2) is 8.62. The lowest BCUT2D eigenvalue weighted by molar-refractivity contribution is -0.155. The third-order valence-electron chi connectivity index (χ3n) is 5.26. The van der Waals surface area contributed by atoms with E-state index in [4.69, 9.17) is 9.84 Å². The minimum Gasteiger partial charge on any atom is -0.478 e. The molecule has 1 aliphatic rings. The van der Waals surface area contributed by atoms with E-state index in [1.807, 2.05) is 55.8 Å². The molecule has 0 radical (unpaired) electrons. The number of ether oxygens (including phenoxy) is 1. The molecule has 1 amide bonds. The number of para-hydroxylation sites is 1. The molecular weight excluding hydrogens is 434 g/mol. The Morgan fingerprint density at radius 1 is 1.09 bits per heavy atom. The topological polar surface area (TPSA) is 101 Å². The Morgan fingerprint density at radius 2 is 1.76 bits per heavy atom. The lowest BCUT2D eigenvalue weighted by Crippen LogP contribution is -2.26. The number of carboxylic acids is 1. The van der Waals surface area contributed by atoms with E-state index in [-0.39, 0.29) is 24.0 Å². The van der Waals surface area contributed by atoms with Crippen molar-refractivity contribution in [3.05, 3.63) is 71.4 Å². The zero-order valence-corrected chi connectivity index (χ0v) is 19.4. The summed E-state index contributed by atoms with van der Waals surface area (Å²) in [4.78, 5) is 36.7. The minimum atomic E-state index is -1.04. The molecule has 4 rings (SSSR count). The normalized spacial score (nSPS) is 15.2. The van der Waals surface area contributed by atoms with Crippen LogP contribution in [-0.2, 0) is 20.9 Å². The van der Waals surface area contributed by atoms with Crippen molar-refractivity contribution in [1.29, 1.82) is 0 Å². The molecule has 3 aromatic rings. The summed E-state index contributed by atoms with van der Waals surface area (Å²) in [5.41, 5.74) is 2.61. The van der Waals surface area contributed by atoms with Crippen molar-refractivity contribution in [3.8, 4) is 0 Å². The number of amides is 1. The molecule has 0 bridgehead atoms. The number of aromatic nitrogens is 1. The summed E-state index contributed by atoms with van der Waals surface area (Å²) < 4.78 is 7.27. The first-order chi connectivity index (χ1) is 16.0. The van der Waals surface area contributed by atoms with E-state index in [0.29, 0.717) is 17.0 Å². The van der Waals surface area contributed by atoms with Crippen LogP contribution in [-0.4, -0.2) is 38.8 Å². The third kappa shape index (κ3) is 4.61. The number of aromatic carboxylic acids is 1. The predicted octanol–water partition coefficient (Wildman–Crippen LogP) is 4.49. The van der Waals surface area contributed by atoms with E-state index >= 15 is 0 Å². The number of fused-ring (bicyclic) bond motifs is 1. The Morgan fingerprint density at radius 3 is 2.41 bits per heavy atom. The van der Waals surface area contributed by atoms with Crippen LogP contribution in [0.1, 0.15) is 43.6 Å². The molecule has 1 aliphatic heterocycles. The number of nitrogens with zero attached hydrogens (tertiary/aromatic N) is 3. The van der Waals surface area contributed by atoms with Gasteiger partial charge in [-0.2, -0.15) is 10.1 Å². The predicted molar refractivity (Wildman–Crippen MR) is 130 cm³/mol. The number of benzene rings is 2. The summed E-state index contributed by atoms with van der Waals surface area (Å²) in [7, 11) is 0. The Balaban J connectivity index is 1.66. The lowest BCUT2D eigenvalue weighted by Gasteiger charge is -2.19. The van der Waals surface area contributed by atoms with Crippen molar-refractivity contribution >= 4 is 46.2 Å². The zero-order valence-electron chi connectivity index (χ0n) is 19.4. The van der Waals surface area contributed by atoms with Gasteiger partial charge in [0.15, 0.2) is 0 Å². The molecule has 8 heteroatoms. The first kappa shape index (κ1) is 23.0. The number of hydrogen-bond donors (Lipinski definition) is 1. The van der Waals surface area contributed by atoms with Crippen LogP contribution in [0.5, 0.6) is 0 Å². The summed E-state index contributed by atoms with van der Waals surface area (Å²) in [6, 6.07) is 13.6. The Hall–Kier alpha value is -4.20. The van der Waals surface area contributed by atoms with E-state index in [1.54, 1.807) is 25.1 Å². The fraction of sp³-hybridized carbons (Fsp3) is 0.231. The van der Waals surface area contributed by atoms with E-state index in [9.17, 15) is 14.4 Å². The standard InChI is InChI=1S/C26H25N3O5/c1-16-21(24(31)29(27-16)19-11-9-17(10-12-19)25(32)33)13-18-14-28(15-23(30)34-26(2,3)4)22-8-6-5-7-20(18)22/h5-14H,15H2,1-4H3,(H,32,33)/b21-13-. The number of anilines is 1. The van der Waals surface area contributed by atoms with E-state index in [0.717, 1.165) is 16.5 Å². The highest BCUT2D eigenvalue weighted by Crippen LogP contribution is 2.29. The largest absolute Gasteiger partial charge is 0.478 e. The van der Waals surface area contributed by atoms with Gasteiger partial charge in [0.05, 0.1) is 22.5 Å². The Kier molecular flexibility index (Phi) is 5.83. The summed E-state index contributed by atoms with van der Waals surface area (Å²) in [5.74, 6) is -1.70. The van der Waals surface area contributed by atoms with Gasteiger partial charge in [0.25, 0.3) is 5.91 Å². The molecule has 34 heavy (non-hydrogen) atoms. The average Bonchev–Trinajstić information content (AvgIpc) is 3.25. The molecule has 8 nitrogen and oxygen atoms in total. The Bertz CT molecular complexity index is 1360. The smallest absolute Gasteiger partial charge is 0.335 e. The van der Waals surface area contributed by atoms with Crippen molar-refractivity contribution in [2.45, 2.75) is 39.8 Å². The maximum absolute atomic E-state index is 13.2. The van der Waals surface area contributed by atoms with Crippen LogP contribution >= 0.6 is 0 Å². The monoisotopic (exact) mass is 459 g/mol. The zero-order chi connectivity index (χ0) is 24.6. The molecule has 1 aromatic heterocycles. The van der Waals surface area contributed by atoms with Crippen molar-refractivity contribution in [2.75, 3.05) is 5.01 Å². The molecule has 1 N–H and O–H groups in total. The highest BCUT2D eigenvalue weighted by Gasteiger charge is 2.29. The molecular formula is C26H25N3O5. The number of carbonyl (C=O) groups is 3. The van der Waals surface area contributed by atoms with Crippen molar-refractivity contribution in [1.82, 2.24) is 4.57 Å². The van der Waals surface area contributed by atoms with E-state index in [1.165, 1.54) is 17.1 Å². The lowest BCUT2D eigenvalue weighted by atomic mass is 10.1. The van der Waals surface area contributed by atoms with Crippen molar-refractivity contribution in [2.24, 2.45) is 5.10 Å².